The molecule has 1 N–H and O–H groups in total. The normalized spacial score (nSPS) is 11.1. The van der Waals surface area contributed by atoms with Gasteiger partial charge in [-0.3, -0.25) is 4.79 Å². The summed E-state index contributed by atoms with van der Waals surface area (Å²) in [6.07, 6.45) is 0. The summed E-state index contributed by atoms with van der Waals surface area (Å²) in [5.74, 6) is 0. The van der Waals surface area contributed by atoms with E-state index in [1.54, 1.807) is 0 Å². The Morgan fingerprint density at radius 2 is 1.36 bits per heavy atom. The van der Waals surface area contributed by atoms with Gasteiger partial charge < -0.3 is 4.98 Å². The molecule has 0 saturated carbocycles. The van der Waals surface area contributed by atoms with E-state index in [1.807, 2.05) is 48.5 Å². The number of halogens is 1. The summed E-state index contributed by atoms with van der Waals surface area (Å²) >= 11 is 3.67. The van der Waals surface area contributed by atoms with E-state index < -0.39 is 0 Å². The van der Waals surface area contributed by atoms with Crippen molar-refractivity contribution < 1.29 is 0 Å². The second-order valence-corrected chi connectivity index (χ2v) is 6.01. The van der Waals surface area contributed by atoms with E-state index >= 15 is 0 Å². The maximum absolute atomic E-state index is 12.4. The van der Waals surface area contributed by atoms with E-state index in [9.17, 15) is 4.79 Å². The fraction of sp³-hybridized carbons (Fsp3) is 0. The lowest BCUT2D eigenvalue weighted by Crippen LogP contribution is -2.08. The Balaban J connectivity index is 2.14. The first-order valence-electron chi connectivity index (χ1n) is 7.04. The van der Waals surface area contributed by atoms with Gasteiger partial charge in [0.1, 0.15) is 0 Å². The molecule has 0 aliphatic heterocycles. The minimum Gasteiger partial charge on any atom is -0.320 e. The summed E-state index contributed by atoms with van der Waals surface area (Å²) < 4.78 is 0.916. The number of aromatic nitrogens is 1. The van der Waals surface area contributed by atoms with Crippen molar-refractivity contribution in [3.05, 3.63) is 81.6 Å². The highest BCUT2D eigenvalue weighted by Gasteiger charge is 2.12. The highest BCUT2D eigenvalue weighted by atomic mass is 79.9. The molecule has 0 aliphatic rings. The predicted molar refractivity (Wildman–Crippen MR) is 95.2 cm³/mol. The largest absolute Gasteiger partial charge is 0.320 e. The average Bonchev–Trinajstić information content (AvgIpc) is 2.58. The molecule has 4 rings (SSSR count). The Bertz CT molecular complexity index is 1060. The first kappa shape index (κ1) is 13.3. The summed E-state index contributed by atoms with van der Waals surface area (Å²) in [5, 5.41) is 3.89. The van der Waals surface area contributed by atoms with Gasteiger partial charge in [-0.25, -0.2) is 0 Å². The van der Waals surface area contributed by atoms with Crippen LogP contribution >= 0.6 is 15.9 Å². The van der Waals surface area contributed by atoms with E-state index in [1.165, 1.54) is 0 Å². The van der Waals surface area contributed by atoms with Crippen LogP contribution < -0.4 is 5.56 Å². The van der Waals surface area contributed by atoms with E-state index in [0.29, 0.717) is 5.39 Å². The van der Waals surface area contributed by atoms with Crippen molar-refractivity contribution in [1.29, 1.82) is 0 Å². The van der Waals surface area contributed by atoms with Gasteiger partial charge >= 0.3 is 0 Å². The van der Waals surface area contributed by atoms with E-state index in [0.717, 1.165) is 31.9 Å². The summed E-state index contributed by atoms with van der Waals surface area (Å²) in [4.78, 5) is 15.4. The molecule has 0 atom stereocenters. The van der Waals surface area contributed by atoms with Crippen LogP contribution in [0.4, 0.5) is 0 Å². The van der Waals surface area contributed by atoms with Crippen LogP contribution in [0.3, 0.4) is 0 Å². The number of pyridine rings is 1. The van der Waals surface area contributed by atoms with Gasteiger partial charge in [0, 0.05) is 20.8 Å². The number of rotatable bonds is 1. The predicted octanol–water partition coefficient (Wildman–Crippen LogP) is 5.11. The first-order chi connectivity index (χ1) is 10.8. The Morgan fingerprint density at radius 1 is 0.727 bits per heavy atom. The van der Waals surface area contributed by atoms with Gasteiger partial charge in [0.05, 0.1) is 5.69 Å². The molecule has 0 unspecified atom stereocenters. The highest BCUT2D eigenvalue weighted by Crippen LogP contribution is 2.34. The van der Waals surface area contributed by atoms with Gasteiger partial charge in [-0.2, -0.15) is 0 Å². The molecule has 3 aromatic carbocycles. The van der Waals surface area contributed by atoms with Crippen molar-refractivity contribution in [2.45, 2.75) is 0 Å². The Labute approximate surface area is 135 Å². The lowest BCUT2D eigenvalue weighted by atomic mass is 10.0. The van der Waals surface area contributed by atoms with Crippen LogP contribution in [-0.4, -0.2) is 4.98 Å². The van der Waals surface area contributed by atoms with E-state index in [-0.39, 0.29) is 5.56 Å². The van der Waals surface area contributed by atoms with Gasteiger partial charge in [-0.05, 0) is 32.8 Å². The molecular weight excluding hydrogens is 338 g/mol. The zero-order valence-corrected chi connectivity index (χ0v) is 13.2. The third-order valence-electron chi connectivity index (χ3n) is 3.93. The molecule has 22 heavy (non-hydrogen) atoms. The third kappa shape index (κ3) is 1.97. The summed E-state index contributed by atoms with van der Waals surface area (Å²) in [6.45, 7) is 0. The maximum atomic E-state index is 12.4. The molecule has 3 heteroatoms. The fourth-order valence-corrected chi connectivity index (χ4v) is 3.53. The summed E-state index contributed by atoms with van der Waals surface area (Å²) in [7, 11) is 0. The maximum Gasteiger partial charge on any atom is 0.256 e. The quantitative estimate of drug-likeness (QED) is 0.508. The van der Waals surface area contributed by atoms with Crippen LogP contribution in [0.25, 0.3) is 32.8 Å². The van der Waals surface area contributed by atoms with Gasteiger partial charge in [-0.1, -0.05) is 60.7 Å². The van der Waals surface area contributed by atoms with Crippen LogP contribution in [0.2, 0.25) is 0 Å². The molecule has 0 bridgehead atoms. The fourth-order valence-electron chi connectivity index (χ4n) is 2.87. The number of hydrogen-bond donors (Lipinski definition) is 1. The zero-order chi connectivity index (χ0) is 15.1. The number of fused-ring (bicyclic) bond motifs is 2. The SMILES string of the molecule is O=c1[nH]c(-c2cccc3ccccc23)c(Br)c2ccccc12. The Kier molecular flexibility index (Phi) is 3.09. The van der Waals surface area contributed by atoms with Crippen molar-refractivity contribution in [3.8, 4) is 11.3 Å². The molecule has 0 aliphatic carbocycles. The Hall–Kier alpha value is -2.39. The smallest absolute Gasteiger partial charge is 0.256 e. The molecule has 0 amide bonds. The molecule has 4 aromatic rings. The topological polar surface area (TPSA) is 32.9 Å². The van der Waals surface area contributed by atoms with E-state index in [2.05, 4.69) is 39.1 Å². The van der Waals surface area contributed by atoms with Crippen LogP contribution in [0.1, 0.15) is 0 Å². The minimum absolute atomic E-state index is 0.0678. The van der Waals surface area contributed by atoms with Crippen LogP contribution in [0.5, 0.6) is 0 Å². The first-order valence-corrected chi connectivity index (χ1v) is 7.83. The number of aromatic amines is 1. The number of benzene rings is 3. The van der Waals surface area contributed by atoms with Crippen molar-refractivity contribution >= 4 is 37.5 Å². The standard InChI is InChI=1S/C19H12BrNO/c20-17-14-9-3-4-10-16(14)19(22)21-18(17)15-11-5-7-12-6-1-2-8-13(12)15/h1-11H,(H,21,22). The summed E-state index contributed by atoms with van der Waals surface area (Å²) in [5.41, 5.74) is 1.77. The van der Waals surface area contributed by atoms with Gasteiger partial charge in [-0.15, -0.1) is 0 Å². The molecule has 106 valence electrons. The van der Waals surface area contributed by atoms with Crippen LogP contribution in [0.15, 0.2) is 76.0 Å². The molecule has 0 saturated heterocycles. The Morgan fingerprint density at radius 3 is 2.18 bits per heavy atom. The molecule has 2 nitrogen and oxygen atoms in total. The van der Waals surface area contributed by atoms with Crippen molar-refractivity contribution in [3.63, 3.8) is 0 Å². The van der Waals surface area contributed by atoms with Gasteiger partial charge in [0.25, 0.3) is 5.56 Å². The molecular formula is C19H12BrNO. The molecule has 0 radical (unpaired) electrons. The van der Waals surface area contributed by atoms with Crippen LogP contribution in [-0.2, 0) is 0 Å². The van der Waals surface area contributed by atoms with E-state index in [4.69, 9.17) is 0 Å². The van der Waals surface area contributed by atoms with Crippen molar-refractivity contribution in [1.82, 2.24) is 4.98 Å². The lowest BCUT2D eigenvalue weighted by molar-refractivity contribution is 1.27. The molecule has 1 heterocycles. The summed E-state index contributed by atoms with van der Waals surface area (Å²) in [6, 6.07) is 21.9. The number of hydrogen-bond acceptors (Lipinski definition) is 1. The van der Waals surface area contributed by atoms with Gasteiger partial charge in [0.2, 0.25) is 0 Å². The number of nitrogens with one attached hydrogen (secondary N) is 1. The zero-order valence-electron chi connectivity index (χ0n) is 11.6. The number of H-pyrrole nitrogens is 1. The third-order valence-corrected chi connectivity index (χ3v) is 4.75. The second kappa shape index (κ2) is 5.11. The molecule has 0 fully saturated rings. The monoisotopic (exact) mass is 349 g/mol. The second-order valence-electron chi connectivity index (χ2n) is 5.22. The van der Waals surface area contributed by atoms with Crippen LogP contribution in [0, 0.1) is 0 Å². The molecule has 0 spiro atoms. The lowest BCUT2D eigenvalue weighted by Gasteiger charge is -2.11. The minimum atomic E-state index is -0.0678. The highest BCUT2D eigenvalue weighted by molar-refractivity contribution is 9.10. The van der Waals surface area contributed by atoms with Crippen molar-refractivity contribution in [2.75, 3.05) is 0 Å². The van der Waals surface area contributed by atoms with Crippen molar-refractivity contribution in [2.24, 2.45) is 0 Å². The van der Waals surface area contributed by atoms with Gasteiger partial charge in [0.15, 0.2) is 0 Å². The molecule has 1 aromatic heterocycles. The average molecular weight is 350 g/mol.